The number of aryl methyl sites for hydroxylation is 1. The lowest BCUT2D eigenvalue weighted by atomic mass is 9.78. The number of aromatic nitrogens is 1. The minimum atomic E-state index is -1.15. The summed E-state index contributed by atoms with van der Waals surface area (Å²) in [6, 6.07) is 20.1. The summed E-state index contributed by atoms with van der Waals surface area (Å²) in [5.74, 6) is 0.531. The molecule has 46 heavy (non-hydrogen) atoms. The van der Waals surface area contributed by atoms with Crippen LogP contribution in [0.5, 0.6) is 11.5 Å². The minimum absolute atomic E-state index is 0.0165. The van der Waals surface area contributed by atoms with Crippen molar-refractivity contribution < 1.29 is 23.5 Å². The molecule has 2 amide bonds. The van der Waals surface area contributed by atoms with Crippen LogP contribution in [0.15, 0.2) is 66.7 Å². The number of halogens is 1. The second-order valence-corrected chi connectivity index (χ2v) is 13.5. The largest absolute Gasteiger partial charge is 0.497 e. The van der Waals surface area contributed by atoms with Crippen molar-refractivity contribution in [3.63, 3.8) is 0 Å². The van der Waals surface area contributed by atoms with Crippen LogP contribution in [0.25, 0.3) is 10.9 Å². The van der Waals surface area contributed by atoms with Crippen molar-refractivity contribution in [3.8, 4) is 11.5 Å². The van der Waals surface area contributed by atoms with Gasteiger partial charge in [0.05, 0.1) is 19.9 Å². The fourth-order valence-electron chi connectivity index (χ4n) is 7.87. The van der Waals surface area contributed by atoms with Crippen molar-refractivity contribution in [2.45, 2.75) is 77.3 Å². The highest BCUT2D eigenvalue weighted by Crippen LogP contribution is 2.67. The van der Waals surface area contributed by atoms with Gasteiger partial charge in [-0.05, 0) is 66.8 Å². The number of fused-ring (bicyclic) bond motifs is 1. The van der Waals surface area contributed by atoms with Gasteiger partial charge in [0, 0.05) is 41.2 Å². The first-order valence-corrected chi connectivity index (χ1v) is 16.2. The van der Waals surface area contributed by atoms with Crippen LogP contribution in [0.4, 0.5) is 10.1 Å². The zero-order valence-corrected chi connectivity index (χ0v) is 27.4. The van der Waals surface area contributed by atoms with Crippen LogP contribution in [-0.2, 0) is 16.1 Å². The van der Waals surface area contributed by atoms with E-state index >= 15 is 4.39 Å². The lowest BCUT2D eigenvalue weighted by molar-refractivity contribution is -0.149. The summed E-state index contributed by atoms with van der Waals surface area (Å²) in [7, 11) is 3.11. The molecule has 2 N–H and O–H groups in total. The van der Waals surface area contributed by atoms with Crippen molar-refractivity contribution in [1.29, 1.82) is 0 Å². The summed E-state index contributed by atoms with van der Waals surface area (Å²) < 4.78 is 26.1. The summed E-state index contributed by atoms with van der Waals surface area (Å²) in [6.45, 7) is 6.55. The highest BCUT2D eigenvalue weighted by molar-refractivity contribution is 6.01. The summed E-state index contributed by atoms with van der Waals surface area (Å²) in [5, 5.41) is 4.28. The number of nitrogens with one attached hydrogen (secondary N) is 2. The molecule has 0 unspecified atom stereocenters. The van der Waals surface area contributed by atoms with Crippen LogP contribution in [-0.4, -0.2) is 41.5 Å². The average molecular weight is 626 g/mol. The average Bonchev–Trinajstić information content (AvgIpc) is 3.40. The van der Waals surface area contributed by atoms with Gasteiger partial charge in [-0.3, -0.25) is 9.59 Å². The first-order chi connectivity index (χ1) is 22.1. The molecule has 2 atom stereocenters. The van der Waals surface area contributed by atoms with E-state index in [-0.39, 0.29) is 47.8 Å². The molecule has 2 aliphatic rings. The van der Waals surface area contributed by atoms with Gasteiger partial charge in [0.25, 0.3) is 0 Å². The van der Waals surface area contributed by atoms with E-state index in [9.17, 15) is 9.59 Å². The second-order valence-electron chi connectivity index (χ2n) is 13.5. The zero-order chi connectivity index (χ0) is 32.6. The van der Waals surface area contributed by atoms with Crippen LogP contribution in [0.3, 0.4) is 0 Å². The topological polar surface area (TPSA) is 83.7 Å². The fraction of sp³-hybridized carbons (Fsp3) is 0.421. The van der Waals surface area contributed by atoms with E-state index in [2.05, 4.69) is 43.2 Å². The lowest BCUT2D eigenvalue weighted by Gasteiger charge is -2.45. The number of H-pyrrole nitrogens is 1. The molecule has 8 heteroatoms. The van der Waals surface area contributed by atoms with E-state index in [0.717, 1.165) is 30.5 Å². The van der Waals surface area contributed by atoms with Crippen molar-refractivity contribution in [2.75, 3.05) is 19.5 Å². The van der Waals surface area contributed by atoms with Crippen LogP contribution >= 0.6 is 0 Å². The molecule has 2 saturated carbocycles. The highest BCUT2D eigenvalue weighted by atomic mass is 19.1. The first-order valence-electron chi connectivity index (χ1n) is 16.2. The highest BCUT2D eigenvalue weighted by Gasteiger charge is 2.60. The van der Waals surface area contributed by atoms with E-state index in [4.69, 9.17) is 9.47 Å². The molecule has 4 aromatic rings. The van der Waals surface area contributed by atoms with Crippen molar-refractivity contribution in [1.82, 2.24) is 9.88 Å². The van der Waals surface area contributed by atoms with Gasteiger partial charge in [-0.25, -0.2) is 4.39 Å². The monoisotopic (exact) mass is 625 g/mol. The normalized spacial score (nSPS) is 19.8. The summed E-state index contributed by atoms with van der Waals surface area (Å²) in [4.78, 5) is 34.4. The number of para-hydroxylation sites is 1. The molecule has 0 saturated heterocycles. The zero-order valence-electron chi connectivity index (χ0n) is 27.4. The number of rotatable bonds is 10. The van der Waals surface area contributed by atoms with Gasteiger partial charge in [0.15, 0.2) is 0 Å². The number of benzene rings is 3. The summed E-state index contributed by atoms with van der Waals surface area (Å²) in [5.41, 5.74) is 3.10. The number of carbonyl (C=O) groups excluding carboxylic acids is 2. The molecule has 1 aromatic heterocycles. The van der Waals surface area contributed by atoms with Crippen LogP contribution in [0.2, 0.25) is 0 Å². The Morgan fingerprint density at radius 2 is 1.70 bits per heavy atom. The number of carbonyl (C=O) groups is 2. The Morgan fingerprint density at radius 1 is 0.978 bits per heavy atom. The fourth-order valence-corrected chi connectivity index (χ4v) is 7.87. The predicted octanol–water partition coefficient (Wildman–Crippen LogP) is 8.13. The molecule has 3 aromatic carbocycles. The Labute approximate surface area is 270 Å². The third-order valence-corrected chi connectivity index (χ3v) is 10.6. The number of amides is 2. The molecule has 0 radical (unpaired) electrons. The minimum Gasteiger partial charge on any atom is -0.497 e. The Hall–Kier alpha value is -4.33. The molecule has 2 fully saturated rings. The quantitative estimate of drug-likeness (QED) is 0.186. The summed E-state index contributed by atoms with van der Waals surface area (Å²) in [6.07, 6.45) is 3.82. The van der Waals surface area contributed by atoms with Gasteiger partial charge in [-0.2, -0.15) is 0 Å². The molecule has 1 heterocycles. The van der Waals surface area contributed by atoms with E-state index < -0.39 is 5.54 Å². The van der Waals surface area contributed by atoms with Crippen molar-refractivity contribution in [3.05, 3.63) is 89.4 Å². The van der Waals surface area contributed by atoms with Gasteiger partial charge in [-0.1, -0.05) is 69.5 Å². The summed E-state index contributed by atoms with van der Waals surface area (Å²) >= 11 is 0. The third-order valence-electron chi connectivity index (χ3n) is 10.6. The number of anilines is 1. The second kappa shape index (κ2) is 12.5. The smallest absolute Gasteiger partial charge is 0.250 e. The lowest BCUT2D eigenvalue weighted by Crippen LogP contribution is -2.59. The predicted molar refractivity (Wildman–Crippen MR) is 179 cm³/mol. The molecule has 0 bridgehead atoms. The van der Waals surface area contributed by atoms with Gasteiger partial charge < -0.3 is 24.7 Å². The van der Waals surface area contributed by atoms with Gasteiger partial charge in [0.1, 0.15) is 22.9 Å². The molecular formula is C38H44FN3O4. The first kappa shape index (κ1) is 31.6. The van der Waals surface area contributed by atoms with Gasteiger partial charge in [-0.15, -0.1) is 0 Å². The number of methoxy groups -OCH3 is 2. The number of nitrogens with zero attached hydrogens (tertiary/aromatic N) is 1. The van der Waals surface area contributed by atoms with Crippen LogP contribution in [0.1, 0.15) is 75.1 Å². The molecule has 0 aliphatic heterocycles. The van der Waals surface area contributed by atoms with Crippen molar-refractivity contribution in [2.24, 2.45) is 11.3 Å². The van der Waals surface area contributed by atoms with Crippen LogP contribution in [0, 0.1) is 24.1 Å². The maximum Gasteiger partial charge on any atom is 0.250 e. The van der Waals surface area contributed by atoms with Gasteiger partial charge in [0.2, 0.25) is 11.8 Å². The van der Waals surface area contributed by atoms with E-state index in [1.54, 1.807) is 48.4 Å². The molecule has 2 aliphatic carbocycles. The Balaban J connectivity index is 1.36. The number of ether oxygens (including phenoxy) is 2. The number of hydrogen-bond acceptors (Lipinski definition) is 4. The van der Waals surface area contributed by atoms with Crippen molar-refractivity contribution >= 4 is 28.4 Å². The number of aromatic amines is 1. The molecule has 6 rings (SSSR count). The van der Waals surface area contributed by atoms with E-state index in [1.807, 2.05) is 12.1 Å². The Kier molecular flexibility index (Phi) is 8.57. The molecule has 7 nitrogen and oxygen atoms in total. The van der Waals surface area contributed by atoms with E-state index in [0.29, 0.717) is 35.6 Å². The molecule has 242 valence electrons. The molecular weight excluding hydrogens is 581 g/mol. The van der Waals surface area contributed by atoms with Gasteiger partial charge >= 0.3 is 0 Å². The molecule has 0 spiro atoms. The standard InChI is InChI=1S/C38H44FN3O4/c1-24-34(27-14-8-10-16-30(27)40-24)35-28(37(35,2)3)22-33(43)42(23-25-13-7-9-15-29(25)39)38(19-11-6-12-20-38)36(44)41-31-18-17-26(45-4)21-32(31)46-5/h7-10,13-18,21,28,35,40H,6,11-12,19-20,22-23H2,1-5H3,(H,41,44)/t28-,35-/m1/s1. The Morgan fingerprint density at radius 3 is 2.41 bits per heavy atom. The SMILES string of the molecule is COc1ccc(NC(=O)C2(N(Cc3ccccc3F)C(=O)C[C@@H]3[C@H](c4c(C)[nH]c5ccccc45)C3(C)C)CCCCC2)c(OC)c1. The third kappa shape index (κ3) is 5.63. The maximum atomic E-state index is 15.2. The van der Waals surface area contributed by atoms with E-state index in [1.165, 1.54) is 24.1 Å². The Bertz CT molecular complexity index is 1760. The maximum absolute atomic E-state index is 15.2. The number of hydrogen-bond donors (Lipinski definition) is 2. The van der Waals surface area contributed by atoms with Crippen LogP contribution < -0.4 is 14.8 Å².